The molecule has 0 spiro atoms. The van der Waals surface area contributed by atoms with Gasteiger partial charge in [0, 0.05) is 18.1 Å². The molecule has 1 aromatic heterocycles. The predicted molar refractivity (Wildman–Crippen MR) is 113 cm³/mol. The van der Waals surface area contributed by atoms with E-state index in [1.165, 1.54) is 16.9 Å². The summed E-state index contributed by atoms with van der Waals surface area (Å²) < 4.78 is 15.5. The summed E-state index contributed by atoms with van der Waals surface area (Å²) in [7, 11) is 0. The largest absolute Gasteiger partial charge is 0.339 e. The number of nitrogens with zero attached hydrogens (tertiary/aromatic N) is 3. The number of aromatic nitrogens is 2. The van der Waals surface area contributed by atoms with Crippen LogP contribution in [0.25, 0.3) is 5.69 Å². The molecule has 154 valence electrons. The quantitative estimate of drug-likeness (QED) is 0.669. The van der Waals surface area contributed by atoms with Crippen molar-refractivity contribution in [3.05, 3.63) is 76.3 Å². The molecule has 2 aromatic carbocycles. The maximum atomic E-state index is 14.1. The third-order valence-corrected chi connectivity index (χ3v) is 5.42. The lowest BCUT2D eigenvalue weighted by Gasteiger charge is -2.18. The Balaban J connectivity index is 1.63. The number of carbonyl (C=O) groups is 2. The second kappa shape index (κ2) is 8.28. The van der Waals surface area contributed by atoms with Crippen LogP contribution in [0.15, 0.2) is 48.7 Å². The average Bonchev–Trinajstić information content (AvgIpc) is 3.38. The van der Waals surface area contributed by atoms with E-state index in [1.807, 2.05) is 0 Å². The number of hydrogen-bond donors (Lipinski definition) is 1. The topological polar surface area (TPSA) is 67.2 Å². The van der Waals surface area contributed by atoms with Crippen LogP contribution in [0.5, 0.6) is 0 Å². The van der Waals surface area contributed by atoms with E-state index in [0.717, 1.165) is 12.8 Å². The molecule has 1 saturated heterocycles. The molecule has 0 saturated carbocycles. The van der Waals surface area contributed by atoms with Crippen molar-refractivity contribution in [1.29, 1.82) is 0 Å². The Morgan fingerprint density at radius 3 is 2.57 bits per heavy atom. The van der Waals surface area contributed by atoms with Crippen LogP contribution >= 0.6 is 11.6 Å². The van der Waals surface area contributed by atoms with Gasteiger partial charge in [-0.2, -0.15) is 5.10 Å². The Kier molecular flexibility index (Phi) is 5.55. The first kappa shape index (κ1) is 20.1. The molecule has 0 radical (unpaired) electrons. The second-order valence-corrected chi connectivity index (χ2v) is 7.59. The molecule has 0 atom stereocenters. The zero-order valence-electron chi connectivity index (χ0n) is 16.4. The van der Waals surface area contributed by atoms with Crippen LogP contribution in [-0.2, 0) is 0 Å². The molecule has 6 nitrogen and oxygen atoms in total. The summed E-state index contributed by atoms with van der Waals surface area (Å²) in [6, 6.07) is 11.0. The van der Waals surface area contributed by atoms with Crippen LogP contribution < -0.4 is 5.32 Å². The smallest absolute Gasteiger partial charge is 0.259 e. The average molecular weight is 427 g/mol. The number of halogens is 2. The van der Waals surface area contributed by atoms with Crippen molar-refractivity contribution < 1.29 is 14.0 Å². The Labute approximate surface area is 178 Å². The summed E-state index contributed by atoms with van der Waals surface area (Å²) in [4.78, 5) is 27.6. The van der Waals surface area contributed by atoms with E-state index in [-0.39, 0.29) is 17.2 Å². The highest BCUT2D eigenvalue weighted by Gasteiger charge is 2.24. The Bertz CT molecular complexity index is 1120. The van der Waals surface area contributed by atoms with Gasteiger partial charge in [0.05, 0.1) is 28.7 Å². The van der Waals surface area contributed by atoms with Gasteiger partial charge < -0.3 is 10.2 Å². The van der Waals surface area contributed by atoms with Crippen molar-refractivity contribution in [3.63, 3.8) is 0 Å². The lowest BCUT2D eigenvalue weighted by atomic mass is 10.1. The molecule has 8 heteroatoms. The van der Waals surface area contributed by atoms with E-state index in [9.17, 15) is 14.0 Å². The van der Waals surface area contributed by atoms with Gasteiger partial charge >= 0.3 is 0 Å². The normalized spacial score (nSPS) is 13.5. The van der Waals surface area contributed by atoms with Gasteiger partial charge in [-0.15, -0.1) is 0 Å². The van der Waals surface area contributed by atoms with Crippen molar-refractivity contribution >= 4 is 29.1 Å². The minimum atomic E-state index is -0.451. The van der Waals surface area contributed by atoms with Gasteiger partial charge in [-0.05, 0) is 50.1 Å². The fourth-order valence-corrected chi connectivity index (χ4v) is 3.76. The van der Waals surface area contributed by atoms with E-state index < -0.39 is 11.7 Å². The van der Waals surface area contributed by atoms with Crippen molar-refractivity contribution in [2.24, 2.45) is 0 Å². The van der Waals surface area contributed by atoms with Gasteiger partial charge in [0.1, 0.15) is 11.5 Å². The van der Waals surface area contributed by atoms with E-state index >= 15 is 0 Å². The van der Waals surface area contributed by atoms with Gasteiger partial charge in [-0.3, -0.25) is 9.59 Å². The zero-order chi connectivity index (χ0) is 21.3. The van der Waals surface area contributed by atoms with Crippen LogP contribution in [0, 0.1) is 12.7 Å². The summed E-state index contributed by atoms with van der Waals surface area (Å²) in [6.07, 6.45) is 3.31. The Morgan fingerprint density at radius 1 is 1.10 bits per heavy atom. The van der Waals surface area contributed by atoms with Gasteiger partial charge in [0.15, 0.2) is 0 Å². The van der Waals surface area contributed by atoms with Crippen molar-refractivity contribution in [2.45, 2.75) is 19.8 Å². The molecule has 4 rings (SSSR count). The van der Waals surface area contributed by atoms with E-state index in [0.29, 0.717) is 35.1 Å². The first-order valence-corrected chi connectivity index (χ1v) is 10.0. The Morgan fingerprint density at radius 2 is 1.83 bits per heavy atom. The molecule has 1 N–H and O–H groups in total. The van der Waals surface area contributed by atoms with Crippen LogP contribution in [0.1, 0.15) is 39.3 Å². The highest BCUT2D eigenvalue weighted by atomic mass is 35.5. The molecular weight excluding hydrogens is 407 g/mol. The van der Waals surface area contributed by atoms with E-state index in [1.54, 1.807) is 48.2 Å². The molecule has 1 fully saturated rings. The summed E-state index contributed by atoms with van der Waals surface area (Å²) in [5, 5.41) is 7.34. The Hall–Kier alpha value is -3.19. The summed E-state index contributed by atoms with van der Waals surface area (Å²) in [6.45, 7) is 3.08. The van der Waals surface area contributed by atoms with Crippen LogP contribution in [-0.4, -0.2) is 39.6 Å². The number of rotatable bonds is 4. The number of amides is 2. The molecule has 2 heterocycles. The van der Waals surface area contributed by atoms with Crippen molar-refractivity contribution in [2.75, 3.05) is 18.4 Å². The minimum Gasteiger partial charge on any atom is -0.339 e. The molecule has 0 bridgehead atoms. The SMILES string of the molecule is Cc1c(C(=O)Nc2cc(Cl)ccc2C(=O)N2CCCC2)cnn1-c1ccccc1F. The third-order valence-electron chi connectivity index (χ3n) is 5.19. The minimum absolute atomic E-state index is 0.141. The van der Waals surface area contributed by atoms with Gasteiger partial charge in [0.25, 0.3) is 11.8 Å². The van der Waals surface area contributed by atoms with Crippen LogP contribution in [0.4, 0.5) is 10.1 Å². The number of carbonyl (C=O) groups excluding carboxylic acids is 2. The van der Waals surface area contributed by atoms with Gasteiger partial charge in [0.2, 0.25) is 0 Å². The number of nitrogens with one attached hydrogen (secondary N) is 1. The summed E-state index contributed by atoms with van der Waals surface area (Å²) in [5.74, 6) is -1.03. The molecule has 3 aromatic rings. The van der Waals surface area contributed by atoms with Gasteiger partial charge in [-0.1, -0.05) is 23.7 Å². The molecular formula is C22H20ClFN4O2. The number of benzene rings is 2. The first-order valence-electron chi connectivity index (χ1n) is 9.65. The zero-order valence-corrected chi connectivity index (χ0v) is 17.1. The fraction of sp³-hybridized carbons (Fsp3) is 0.227. The highest BCUT2D eigenvalue weighted by molar-refractivity contribution is 6.31. The highest BCUT2D eigenvalue weighted by Crippen LogP contribution is 2.25. The number of likely N-dealkylation sites (tertiary alicyclic amines) is 1. The monoisotopic (exact) mass is 426 g/mol. The van der Waals surface area contributed by atoms with E-state index in [2.05, 4.69) is 10.4 Å². The number of para-hydroxylation sites is 1. The summed E-state index contributed by atoms with van der Waals surface area (Å²) >= 11 is 6.11. The van der Waals surface area contributed by atoms with Crippen LogP contribution in [0.3, 0.4) is 0 Å². The maximum absolute atomic E-state index is 14.1. The number of hydrogen-bond acceptors (Lipinski definition) is 3. The first-order chi connectivity index (χ1) is 14.5. The molecule has 2 amide bonds. The fourth-order valence-electron chi connectivity index (χ4n) is 3.59. The third kappa shape index (κ3) is 3.80. The maximum Gasteiger partial charge on any atom is 0.259 e. The van der Waals surface area contributed by atoms with Gasteiger partial charge in [-0.25, -0.2) is 9.07 Å². The summed E-state index contributed by atoms with van der Waals surface area (Å²) in [5.41, 5.74) is 1.72. The predicted octanol–water partition coefficient (Wildman–Crippen LogP) is 4.46. The standard InChI is InChI=1S/C22H20ClFN4O2/c1-14-17(13-25-28(14)20-7-3-2-6-18(20)24)21(29)26-19-12-15(23)8-9-16(19)22(30)27-10-4-5-11-27/h2-3,6-9,12-13H,4-5,10-11H2,1H3,(H,26,29). The molecule has 0 aliphatic carbocycles. The van der Waals surface area contributed by atoms with Crippen molar-refractivity contribution in [1.82, 2.24) is 14.7 Å². The molecule has 30 heavy (non-hydrogen) atoms. The number of anilines is 1. The van der Waals surface area contributed by atoms with E-state index in [4.69, 9.17) is 11.6 Å². The second-order valence-electron chi connectivity index (χ2n) is 7.15. The molecule has 0 unspecified atom stereocenters. The van der Waals surface area contributed by atoms with Crippen molar-refractivity contribution in [3.8, 4) is 5.69 Å². The van der Waals surface area contributed by atoms with Crippen LogP contribution in [0.2, 0.25) is 5.02 Å². The lowest BCUT2D eigenvalue weighted by molar-refractivity contribution is 0.0794. The lowest BCUT2D eigenvalue weighted by Crippen LogP contribution is -2.29. The molecule has 1 aliphatic heterocycles. The molecule has 1 aliphatic rings.